The van der Waals surface area contributed by atoms with Crippen LogP contribution in [0, 0.1) is 10.1 Å². The minimum Gasteiger partial charge on any atom is -0.502 e. The van der Waals surface area contributed by atoms with Crippen molar-refractivity contribution in [3.05, 3.63) is 45.1 Å². The van der Waals surface area contributed by atoms with Crippen LogP contribution in [0.2, 0.25) is 0 Å². The number of carbonyl (C=O) groups is 2. The van der Waals surface area contributed by atoms with E-state index in [-0.39, 0.29) is 5.57 Å². The lowest BCUT2D eigenvalue weighted by atomic mass is 9.95. The van der Waals surface area contributed by atoms with Crippen LogP contribution in [0.25, 0.3) is 0 Å². The highest BCUT2D eigenvalue weighted by Gasteiger charge is 2.32. The van der Waals surface area contributed by atoms with Crippen LogP contribution in [0.5, 0.6) is 5.75 Å². The summed E-state index contributed by atoms with van der Waals surface area (Å²) in [5, 5.41) is 25.4. The predicted molar refractivity (Wildman–Crippen MR) is 73.9 cm³/mol. The number of hydrogen-bond acceptors (Lipinski definition) is 6. The molecule has 0 aliphatic carbocycles. The van der Waals surface area contributed by atoms with E-state index in [1.807, 2.05) is 0 Å². The third kappa shape index (κ3) is 2.68. The van der Waals surface area contributed by atoms with E-state index in [1.165, 1.54) is 20.1 Å². The van der Waals surface area contributed by atoms with Crippen LogP contribution in [0.4, 0.5) is 10.5 Å². The molecule has 2 amide bonds. The monoisotopic (exact) mass is 307 g/mol. The Hall–Kier alpha value is -3.10. The first-order chi connectivity index (χ1) is 10.3. The van der Waals surface area contributed by atoms with Crippen molar-refractivity contribution in [2.75, 3.05) is 7.11 Å². The molecule has 9 nitrogen and oxygen atoms in total. The van der Waals surface area contributed by atoms with E-state index in [1.54, 1.807) is 0 Å². The maximum absolute atomic E-state index is 11.9. The molecule has 3 N–H and O–H groups in total. The van der Waals surface area contributed by atoms with E-state index in [4.69, 9.17) is 0 Å². The van der Waals surface area contributed by atoms with Gasteiger partial charge in [0, 0.05) is 11.8 Å². The van der Waals surface area contributed by atoms with Crippen LogP contribution in [0.3, 0.4) is 0 Å². The number of hydrogen-bond donors (Lipinski definition) is 3. The average molecular weight is 307 g/mol. The Kier molecular flexibility index (Phi) is 3.97. The van der Waals surface area contributed by atoms with Gasteiger partial charge in [-0.25, -0.2) is 9.59 Å². The number of carbonyl (C=O) groups excluding carboxylic acids is 2. The number of esters is 1. The Morgan fingerprint density at radius 1 is 1.45 bits per heavy atom. The molecule has 1 atom stereocenters. The van der Waals surface area contributed by atoms with Crippen LogP contribution in [0.1, 0.15) is 18.5 Å². The van der Waals surface area contributed by atoms with E-state index in [2.05, 4.69) is 15.4 Å². The number of urea groups is 1. The summed E-state index contributed by atoms with van der Waals surface area (Å²) in [5.41, 5.74) is 0.302. The number of amides is 2. The lowest BCUT2D eigenvalue weighted by molar-refractivity contribution is -0.385. The van der Waals surface area contributed by atoms with Gasteiger partial charge >= 0.3 is 17.7 Å². The first-order valence-electron chi connectivity index (χ1n) is 6.19. The van der Waals surface area contributed by atoms with E-state index >= 15 is 0 Å². The first kappa shape index (κ1) is 15.3. The van der Waals surface area contributed by atoms with Gasteiger partial charge in [0.1, 0.15) is 0 Å². The molecule has 0 saturated carbocycles. The van der Waals surface area contributed by atoms with Gasteiger partial charge in [0.2, 0.25) is 0 Å². The second-order valence-electron chi connectivity index (χ2n) is 4.57. The molecule has 0 aromatic heterocycles. The first-order valence-corrected chi connectivity index (χ1v) is 6.19. The average Bonchev–Trinajstić information content (AvgIpc) is 2.45. The summed E-state index contributed by atoms with van der Waals surface area (Å²) < 4.78 is 4.68. The largest absolute Gasteiger partial charge is 0.502 e. The molecule has 0 saturated heterocycles. The molecular formula is C13H13N3O6. The summed E-state index contributed by atoms with van der Waals surface area (Å²) in [4.78, 5) is 33.5. The Balaban J connectivity index is 2.51. The van der Waals surface area contributed by atoms with Gasteiger partial charge in [0.25, 0.3) is 0 Å². The number of benzene rings is 1. The number of nitrogens with zero attached hydrogens (tertiary/aromatic N) is 1. The van der Waals surface area contributed by atoms with Gasteiger partial charge in [0.05, 0.1) is 23.6 Å². The molecule has 0 bridgehead atoms. The molecule has 1 aliphatic rings. The fraction of sp³-hybridized carbons (Fsp3) is 0.231. The number of phenolic OH excluding ortho intramolecular Hbond substituents is 1. The number of nitrogens with one attached hydrogen (secondary N) is 2. The summed E-state index contributed by atoms with van der Waals surface area (Å²) >= 11 is 0. The van der Waals surface area contributed by atoms with Crippen molar-refractivity contribution < 1.29 is 24.4 Å². The van der Waals surface area contributed by atoms with Gasteiger partial charge in [-0.1, -0.05) is 0 Å². The lowest BCUT2D eigenvalue weighted by Gasteiger charge is -2.27. The Labute approximate surface area is 124 Å². The third-order valence-corrected chi connectivity index (χ3v) is 3.20. The summed E-state index contributed by atoms with van der Waals surface area (Å²) in [7, 11) is 1.20. The van der Waals surface area contributed by atoms with Crippen LogP contribution in [0.15, 0.2) is 29.5 Å². The number of nitro benzene ring substituents is 1. The number of methoxy groups -OCH3 is 1. The van der Waals surface area contributed by atoms with Crippen LogP contribution < -0.4 is 10.6 Å². The minimum absolute atomic E-state index is 0.148. The number of rotatable bonds is 3. The minimum atomic E-state index is -0.882. The maximum Gasteiger partial charge on any atom is 0.337 e. The number of phenols is 1. The topological polar surface area (TPSA) is 131 Å². The Bertz CT molecular complexity index is 697. The smallest absolute Gasteiger partial charge is 0.337 e. The maximum atomic E-state index is 11.9. The predicted octanol–water partition coefficient (Wildman–Crippen LogP) is 1.10. The second kappa shape index (κ2) is 5.72. The van der Waals surface area contributed by atoms with Crippen molar-refractivity contribution in [3.63, 3.8) is 0 Å². The molecule has 0 radical (unpaired) electrons. The highest BCUT2D eigenvalue weighted by Crippen LogP contribution is 2.33. The summed E-state index contributed by atoms with van der Waals surface area (Å²) in [6.45, 7) is 1.53. The zero-order chi connectivity index (χ0) is 16.4. The fourth-order valence-electron chi connectivity index (χ4n) is 2.20. The van der Waals surface area contributed by atoms with Crippen molar-refractivity contribution >= 4 is 17.7 Å². The Morgan fingerprint density at radius 3 is 2.68 bits per heavy atom. The molecule has 116 valence electrons. The van der Waals surface area contributed by atoms with E-state index in [9.17, 15) is 24.8 Å². The number of nitro groups is 1. The van der Waals surface area contributed by atoms with Gasteiger partial charge in [-0.2, -0.15) is 0 Å². The van der Waals surface area contributed by atoms with Crippen LogP contribution in [-0.2, 0) is 9.53 Å². The van der Waals surface area contributed by atoms with Crippen LogP contribution in [-0.4, -0.2) is 29.1 Å². The van der Waals surface area contributed by atoms with Gasteiger partial charge in [-0.05, 0) is 24.6 Å². The molecule has 0 spiro atoms. The molecule has 1 heterocycles. The van der Waals surface area contributed by atoms with Crippen molar-refractivity contribution in [1.82, 2.24) is 10.6 Å². The second-order valence-corrected chi connectivity index (χ2v) is 4.57. The number of aromatic hydroxyl groups is 1. The number of ether oxygens (including phenoxy) is 1. The SMILES string of the molecule is COC(=O)C1=C(C)NC(=O)N[C@H]1c1ccc([N+](=O)[O-])c(O)c1. The molecule has 1 aliphatic heterocycles. The van der Waals surface area contributed by atoms with Crippen molar-refractivity contribution in [2.24, 2.45) is 0 Å². The van der Waals surface area contributed by atoms with Gasteiger partial charge < -0.3 is 20.5 Å². The normalized spacial score (nSPS) is 17.5. The van der Waals surface area contributed by atoms with Crippen molar-refractivity contribution in [1.29, 1.82) is 0 Å². The van der Waals surface area contributed by atoms with E-state index in [0.717, 1.165) is 12.1 Å². The molecule has 0 fully saturated rings. The van der Waals surface area contributed by atoms with Gasteiger partial charge in [-0.15, -0.1) is 0 Å². The molecule has 9 heteroatoms. The summed E-state index contributed by atoms with van der Waals surface area (Å²) in [5.74, 6) is -1.22. The lowest BCUT2D eigenvalue weighted by Crippen LogP contribution is -2.45. The molecule has 1 aromatic carbocycles. The standard InChI is InChI=1S/C13H13N3O6/c1-6-10(12(18)22-2)11(15-13(19)14-6)7-3-4-8(16(20)21)9(17)5-7/h3-5,11,17H,1-2H3,(H2,14,15,19)/t11-/m0/s1. The summed E-state index contributed by atoms with van der Waals surface area (Å²) in [6, 6.07) is 2.17. The molecule has 2 rings (SSSR count). The van der Waals surface area contributed by atoms with Crippen molar-refractivity contribution in [3.8, 4) is 5.75 Å². The molecule has 0 unspecified atom stereocenters. The molecule has 22 heavy (non-hydrogen) atoms. The van der Waals surface area contributed by atoms with Gasteiger partial charge in [-0.3, -0.25) is 10.1 Å². The number of allylic oxidation sites excluding steroid dienone is 1. The van der Waals surface area contributed by atoms with Crippen molar-refractivity contribution in [2.45, 2.75) is 13.0 Å². The fourth-order valence-corrected chi connectivity index (χ4v) is 2.20. The summed E-state index contributed by atoms with van der Waals surface area (Å²) in [6.07, 6.45) is 0. The zero-order valence-corrected chi connectivity index (χ0v) is 11.7. The van der Waals surface area contributed by atoms with Gasteiger partial charge in [0.15, 0.2) is 5.75 Å². The van der Waals surface area contributed by atoms with Crippen LogP contribution >= 0.6 is 0 Å². The third-order valence-electron chi connectivity index (χ3n) is 3.20. The highest BCUT2D eigenvalue weighted by molar-refractivity contribution is 5.95. The molecular weight excluding hydrogens is 294 g/mol. The Morgan fingerprint density at radius 2 is 2.14 bits per heavy atom. The van der Waals surface area contributed by atoms with E-state index < -0.39 is 34.4 Å². The molecule has 1 aromatic rings. The quantitative estimate of drug-likeness (QED) is 0.435. The highest BCUT2D eigenvalue weighted by atomic mass is 16.6. The van der Waals surface area contributed by atoms with E-state index in [0.29, 0.717) is 11.3 Å². The zero-order valence-electron chi connectivity index (χ0n) is 11.7.